The smallest absolute Gasteiger partial charge is 0.162 e. The molecule has 1 aromatic heterocycles. The molecule has 1 heterocycles. The Balaban J connectivity index is 1.65. The first-order valence-electron chi connectivity index (χ1n) is 6.36. The van der Waals surface area contributed by atoms with E-state index in [-0.39, 0.29) is 0 Å². The van der Waals surface area contributed by atoms with Crippen LogP contribution in [0.2, 0.25) is 0 Å². The first-order valence-corrected chi connectivity index (χ1v) is 6.36. The lowest BCUT2D eigenvalue weighted by atomic mass is 10.2. The monoisotopic (exact) mass is 266 g/mol. The van der Waals surface area contributed by atoms with Crippen molar-refractivity contribution in [3.05, 3.63) is 72.1 Å². The maximum Gasteiger partial charge on any atom is 0.162 e. The molecule has 2 aromatic carbocycles. The summed E-state index contributed by atoms with van der Waals surface area (Å²) in [5.41, 5.74) is 2.23. The van der Waals surface area contributed by atoms with Crippen LogP contribution in [0.15, 0.2) is 60.9 Å². The van der Waals surface area contributed by atoms with E-state index < -0.39 is 0 Å². The molecule has 3 rings (SSSR count). The highest BCUT2D eigenvalue weighted by molar-refractivity contribution is 5.29. The van der Waals surface area contributed by atoms with Crippen molar-refractivity contribution in [2.45, 2.75) is 13.2 Å². The van der Waals surface area contributed by atoms with Gasteiger partial charge in [-0.25, -0.2) is 0 Å². The van der Waals surface area contributed by atoms with Crippen LogP contribution in [0, 0.1) is 0 Å². The molecule has 5 heteroatoms. The Morgan fingerprint density at radius 2 is 1.80 bits per heavy atom. The summed E-state index contributed by atoms with van der Waals surface area (Å²) in [5, 5.41) is 11.5. The van der Waals surface area contributed by atoms with E-state index in [1.54, 1.807) is 0 Å². The molecular weight excluding hydrogens is 252 g/mol. The van der Waals surface area contributed by atoms with Crippen molar-refractivity contribution in [3.8, 4) is 5.75 Å². The highest BCUT2D eigenvalue weighted by atomic mass is 16.5. The van der Waals surface area contributed by atoms with Gasteiger partial charge in [0.05, 0.1) is 6.54 Å². The van der Waals surface area contributed by atoms with Crippen molar-refractivity contribution in [1.82, 2.24) is 20.2 Å². The SMILES string of the molecule is c1ccc(COc2cccc(Cn3ncnn3)c2)cc1. The van der Waals surface area contributed by atoms with Crippen molar-refractivity contribution in [2.75, 3.05) is 0 Å². The number of ether oxygens (including phenoxy) is 1. The predicted octanol–water partition coefficient (Wildman–Crippen LogP) is 2.30. The highest BCUT2D eigenvalue weighted by Gasteiger charge is 2.00. The van der Waals surface area contributed by atoms with Gasteiger partial charge in [-0.2, -0.15) is 4.80 Å². The van der Waals surface area contributed by atoms with Crippen LogP contribution in [0.3, 0.4) is 0 Å². The molecule has 0 fully saturated rings. The van der Waals surface area contributed by atoms with Crippen LogP contribution in [0.25, 0.3) is 0 Å². The Kier molecular flexibility index (Phi) is 3.68. The molecule has 20 heavy (non-hydrogen) atoms. The third-order valence-electron chi connectivity index (χ3n) is 2.86. The molecule has 0 aliphatic heterocycles. The lowest BCUT2D eigenvalue weighted by molar-refractivity contribution is 0.306. The molecule has 3 aromatic rings. The van der Waals surface area contributed by atoms with Crippen molar-refractivity contribution >= 4 is 0 Å². The van der Waals surface area contributed by atoms with Gasteiger partial charge in [-0.05, 0) is 28.5 Å². The molecule has 0 saturated heterocycles. The van der Waals surface area contributed by atoms with Gasteiger partial charge in [-0.1, -0.05) is 42.5 Å². The van der Waals surface area contributed by atoms with Crippen LogP contribution in [0.4, 0.5) is 0 Å². The van der Waals surface area contributed by atoms with Crippen molar-refractivity contribution in [3.63, 3.8) is 0 Å². The second kappa shape index (κ2) is 5.97. The zero-order valence-corrected chi connectivity index (χ0v) is 10.9. The van der Waals surface area contributed by atoms with Gasteiger partial charge in [0, 0.05) is 0 Å². The predicted molar refractivity (Wildman–Crippen MR) is 74.1 cm³/mol. The number of hydrogen-bond donors (Lipinski definition) is 0. The van der Waals surface area contributed by atoms with Crippen LogP contribution in [0.5, 0.6) is 5.75 Å². The second-order valence-electron chi connectivity index (χ2n) is 4.39. The molecular formula is C15H14N4O. The Hall–Kier alpha value is -2.69. The van der Waals surface area contributed by atoms with Crippen LogP contribution in [-0.2, 0) is 13.2 Å². The van der Waals surface area contributed by atoms with Gasteiger partial charge in [0.1, 0.15) is 12.4 Å². The number of aromatic nitrogens is 4. The van der Waals surface area contributed by atoms with E-state index in [0.717, 1.165) is 16.9 Å². The minimum atomic E-state index is 0.561. The zero-order valence-electron chi connectivity index (χ0n) is 10.9. The van der Waals surface area contributed by atoms with Crippen LogP contribution in [0.1, 0.15) is 11.1 Å². The summed E-state index contributed by atoms with van der Waals surface area (Å²) in [4.78, 5) is 1.54. The maximum atomic E-state index is 5.79. The topological polar surface area (TPSA) is 52.8 Å². The zero-order chi connectivity index (χ0) is 13.6. The normalized spacial score (nSPS) is 10.4. The van der Waals surface area contributed by atoms with Gasteiger partial charge in [-0.3, -0.25) is 0 Å². The average Bonchev–Trinajstić information content (AvgIpc) is 3.00. The van der Waals surface area contributed by atoms with E-state index in [1.807, 2.05) is 54.6 Å². The Morgan fingerprint density at radius 3 is 2.60 bits per heavy atom. The fraction of sp³-hybridized carbons (Fsp3) is 0.133. The van der Waals surface area contributed by atoms with E-state index in [9.17, 15) is 0 Å². The second-order valence-corrected chi connectivity index (χ2v) is 4.39. The largest absolute Gasteiger partial charge is 0.489 e. The Labute approximate surface area is 116 Å². The minimum Gasteiger partial charge on any atom is -0.489 e. The molecule has 0 aliphatic rings. The molecule has 0 bridgehead atoms. The van der Waals surface area contributed by atoms with E-state index in [1.165, 1.54) is 11.1 Å². The quantitative estimate of drug-likeness (QED) is 0.711. The third kappa shape index (κ3) is 3.20. The Bertz CT molecular complexity index is 653. The van der Waals surface area contributed by atoms with Crippen molar-refractivity contribution in [2.24, 2.45) is 0 Å². The van der Waals surface area contributed by atoms with Crippen LogP contribution >= 0.6 is 0 Å². The molecule has 0 unspecified atom stereocenters. The number of nitrogens with zero attached hydrogens (tertiary/aromatic N) is 4. The van der Waals surface area contributed by atoms with Gasteiger partial charge in [0.25, 0.3) is 0 Å². The van der Waals surface area contributed by atoms with Gasteiger partial charge in [0.2, 0.25) is 0 Å². The Morgan fingerprint density at radius 1 is 0.950 bits per heavy atom. The van der Waals surface area contributed by atoms with Gasteiger partial charge in [-0.15, -0.1) is 10.2 Å². The molecule has 100 valence electrons. The van der Waals surface area contributed by atoms with Crippen molar-refractivity contribution in [1.29, 1.82) is 0 Å². The molecule has 5 nitrogen and oxygen atoms in total. The lowest BCUT2D eigenvalue weighted by Gasteiger charge is -2.08. The summed E-state index contributed by atoms with van der Waals surface area (Å²) in [6.07, 6.45) is 1.43. The molecule has 0 radical (unpaired) electrons. The van der Waals surface area contributed by atoms with E-state index in [2.05, 4.69) is 15.4 Å². The van der Waals surface area contributed by atoms with E-state index >= 15 is 0 Å². The molecule has 0 aliphatic carbocycles. The minimum absolute atomic E-state index is 0.561. The summed E-state index contributed by atoms with van der Waals surface area (Å²) in [7, 11) is 0. The third-order valence-corrected chi connectivity index (χ3v) is 2.86. The average molecular weight is 266 g/mol. The summed E-state index contributed by atoms with van der Waals surface area (Å²) < 4.78 is 5.79. The molecule has 0 saturated carbocycles. The highest BCUT2D eigenvalue weighted by Crippen LogP contribution is 2.15. The fourth-order valence-corrected chi connectivity index (χ4v) is 1.90. The van der Waals surface area contributed by atoms with Gasteiger partial charge in [0.15, 0.2) is 6.33 Å². The summed E-state index contributed by atoms with van der Waals surface area (Å²) in [5.74, 6) is 0.839. The van der Waals surface area contributed by atoms with E-state index in [4.69, 9.17) is 4.74 Å². The summed E-state index contributed by atoms with van der Waals surface area (Å²) >= 11 is 0. The first-order chi connectivity index (χ1) is 9.90. The number of tetrazole rings is 1. The molecule has 0 atom stereocenters. The van der Waals surface area contributed by atoms with Crippen LogP contribution in [-0.4, -0.2) is 20.2 Å². The first kappa shape index (κ1) is 12.3. The number of hydrogen-bond acceptors (Lipinski definition) is 4. The summed E-state index contributed by atoms with van der Waals surface area (Å²) in [6.45, 7) is 1.15. The standard InChI is InChI=1S/C15H14N4O/c1-2-5-13(6-3-1)11-20-15-8-4-7-14(9-15)10-19-17-12-16-18-19/h1-9,12H,10-11H2. The van der Waals surface area contributed by atoms with Gasteiger partial charge < -0.3 is 4.74 Å². The molecule has 0 spiro atoms. The fourth-order valence-electron chi connectivity index (χ4n) is 1.90. The number of rotatable bonds is 5. The maximum absolute atomic E-state index is 5.79. The van der Waals surface area contributed by atoms with E-state index in [0.29, 0.717) is 13.2 Å². The van der Waals surface area contributed by atoms with Crippen molar-refractivity contribution < 1.29 is 4.74 Å². The van der Waals surface area contributed by atoms with Gasteiger partial charge >= 0.3 is 0 Å². The molecule has 0 N–H and O–H groups in total. The van der Waals surface area contributed by atoms with Crippen LogP contribution < -0.4 is 4.74 Å². The molecule has 0 amide bonds. The lowest BCUT2D eigenvalue weighted by Crippen LogP contribution is -2.04. The summed E-state index contributed by atoms with van der Waals surface area (Å²) in [6, 6.07) is 18.0. The number of benzene rings is 2.